The zero-order chi connectivity index (χ0) is 20.9. The maximum absolute atomic E-state index is 16.0. The molecule has 0 aliphatic heterocycles. The summed E-state index contributed by atoms with van der Waals surface area (Å²) in [4.78, 5) is 11.6. The average Bonchev–Trinajstić information content (AvgIpc) is 3.03. The van der Waals surface area contributed by atoms with Gasteiger partial charge in [-0.25, -0.2) is 37.3 Å². The number of hydrogen-bond donors (Lipinski definition) is 2. The van der Waals surface area contributed by atoms with Crippen molar-refractivity contribution >= 4 is 27.3 Å². The monoisotopic (exact) mass is 427 g/mol. The lowest BCUT2D eigenvalue weighted by Gasteiger charge is -2.28. The Hall–Kier alpha value is -2.24. The Kier molecular flexibility index (Phi) is 4.89. The van der Waals surface area contributed by atoms with E-state index in [1.807, 2.05) is 20.8 Å². The van der Waals surface area contributed by atoms with Gasteiger partial charge in [0, 0.05) is 11.6 Å². The molecule has 3 rings (SSSR count). The number of halogens is 2. The highest BCUT2D eigenvalue weighted by Gasteiger charge is 2.50. The van der Waals surface area contributed by atoms with Crippen molar-refractivity contribution in [1.29, 1.82) is 0 Å². The molecule has 2 aromatic rings. The molecule has 0 radical (unpaired) electrons. The van der Waals surface area contributed by atoms with E-state index in [4.69, 9.17) is 10.9 Å². The third-order valence-corrected chi connectivity index (χ3v) is 6.59. The van der Waals surface area contributed by atoms with Crippen molar-refractivity contribution < 1.29 is 17.2 Å². The fourth-order valence-electron chi connectivity index (χ4n) is 2.67. The predicted octanol–water partition coefficient (Wildman–Crippen LogP) is 2.72. The molecular formula is C17H19F2N5O2S2. The Morgan fingerprint density at radius 3 is 2.54 bits per heavy atom. The summed E-state index contributed by atoms with van der Waals surface area (Å²) in [7, 11) is -4.44. The molecule has 7 nitrogen and oxygen atoms in total. The molecule has 28 heavy (non-hydrogen) atoms. The number of rotatable bonds is 3. The number of thiazole rings is 1. The van der Waals surface area contributed by atoms with Crippen LogP contribution in [0.3, 0.4) is 0 Å². The molecule has 0 saturated carbocycles. The number of allylic oxidation sites excluding steroid dienone is 4. The molecule has 0 fully saturated rings. The fraction of sp³-hybridized carbons (Fsp3) is 0.353. The second-order valence-corrected chi connectivity index (χ2v) is 9.91. The van der Waals surface area contributed by atoms with Crippen LogP contribution in [0.2, 0.25) is 0 Å². The summed E-state index contributed by atoms with van der Waals surface area (Å²) in [5, 5.41) is 5.58. The van der Waals surface area contributed by atoms with Gasteiger partial charge in [-0.15, -0.1) is 11.3 Å². The van der Waals surface area contributed by atoms with E-state index in [9.17, 15) is 8.42 Å². The highest BCUT2D eigenvalue weighted by molar-refractivity contribution is 7.93. The molecule has 2 unspecified atom stereocenters. The van der Waals surface area contributed by atoms with E-state index < -0.39 is 32.2 Å². The van der Waals surface area contributed by atoms with Crippen molar-refractivity contribution in [1.82, 2.24) is 15.0 Å². The number of hydrogen-bond acceptors (Lipinski definition) is 7. The zero-order valence-corrected chi connectivity index (χ0v) is 17.0. The van der Waals surface area contributed by atoms with E-state index in [0.717, 1.165) is 29.6 Å². The molecule has 2 heterocycles. The van der Waals surface area contributed by atoms with Gasteiger partial charge < -0.3 is 5.73 Å². The van der Waals surface area contributed by atoms with Gasteiger partial charge in [-0.1, -0.05) is 26.8 Å². The molecule has 11 heteroatoms. The molecule has 4 N–H and O–H groups in total. The number of alkyl halides is 2. The van der Waals surface area contributed by atoms with Crippen LogP contribution in [0.5, 0.6) is 0 Å². The molecule has 0 amide bonds. The standard InChI is InChI=1S/C17H19F2N5O2S2/c1-16(2,3)14-24-13(11(27-14)9-6-8-22-15(20)23-9)17(19)7-4-5-10(12(17)18)28(21,25)26/h4-8,12H,1-3H3,(H2,20,22,23)(H2,21,25,26). The maximum atomic E-state index is 16.0. The number of nitrogen functional groups attached to an aromatic ring is 1. The van der Waals surface area contributed by atoms with Crippen molar-refractivity contribution in [2.75, 3.05) is 5.73 Å². The van der Waals surface area contributed by atoms with Gasteiger partial charge in [0.2, 0.25) is 21.6 Å². The summed E-state index contributed by atoms with van der Waals surface area (Å²) in [6.07, 6.45) is 1.83. The van der Waals surface area contributed by atoms with Gasteiger partial charge in [0.05, 0.1) is 20.5 Å². The highest BCUT2D eigenvalue weighted by atomic mass is 32.2. The number of nitrogens with zero attached hydrogens (tertiary/aromatic N) is 3. The first-order valence-electron chi connectivity index (χ1n) is 8.20. The zero-order valence-electron chi connectivity index (χ0n) is 15.3. The van der Waals surface area contributed by atoms with E-state index in [2.05, 4.69) is 15.0 Å². The first-order chi connectivity index (χ1) is 12.8. The van der Waals surface area contributed by atoms with Gasteiger partial charge in [0.1, 0.15) is 5.69 Å². The highest BCUT2D eigenvalue weighted by Crippen LogP contribution is 2.47. The van der Waals surface area contributed by atoms with Gasteiger partial charge in [-0.05, 0) is 18.2 Å². The Bertz CT molecular complexity index is 1090. The van der Waals surface area contributed by atoms with E-state index in [1.54, 1.807) is 0 Å². The third kappa shape index (κ3) is 3.56. The minimum Gasteiger partial charge on any atom is -0.368 e. The average molecular weight is 428 g/mol. The van der Waals surface area contributed by atoms with Crippen molar-refractivity contribution in [2.24, 2.45) is 5.14 Å². The predicted molar refractivity (Wildman–Crippen MR) is 104 cm³/mol. The fourth-order valence-corrected chi connectivity index (χ4v) is 4.55. The second-order valence-electron chi connectivity index (χ2n) is 7.35. The first-order valence-corrected chi connectivity index (χ1v) is 10.6. The third-order valence-electron chi connectivity index (χ3n) is 4.08. The van der Waals surface area contributed by atoms with Crippen molar-refractivity contribution in [3.63, 3.8) is 0 Å². The van der Waals surface area contributed by atoms with Crippen molar-refractivity contribution in [3.8, 4) is 10.6 Å². The summed E-state index contributed by atoms with van der Waals surface area (Å²) in [5.41, 5.74) is 2.31. The van der Waals surface area contributed by atoms with Gasteiger partial charge in [0.25, 0.3) is 0 Å². The van der Waals surface area contributed by atoms with Crippen LogP contribution < -0.4 is 10.9 Å². The van der Waals surface area contributed by atoms with Crippen LogP contribution in [0.25, 0.3) is 10.6 Å². The summed E-state index contributed by atoms with van der Waals surface area (Å²) < 4.78 is 54.5. The van der Waals surface area contributed by atoms with Crippen LogP contribution in [0.4, 0.5) is 14.7 Å². The number of primary sulfonamides is 1. The first kappa shape index (κ1) is 20.5. The Balaban J connectivity index is 2.25. The molecule has 0 spiro atoms. The number of anilines is 1. The van der Waals surface area contributed by atoms with Crippen LogP contribution in [0.15, 0.2) is 35.4 Å². The Labute approximate surface area is 165 Å². The SMILES string of the molecule is CC(C)(C)c1nc(C2(F)C=CC=C(S(N)(=O)=O)C2F)c(-c2ccnc(N)n2)s1. The lowest BCUT2D eigenvalue weighted by molar-refractivity contribution is 0.117. The summed E-state index contributed by atoms with van der Waals surface area (Å²) in [6, 6.07) is 1.50. The molecule has 1 aliphatic rings. The molecule has 150 valence electrons. The van der Waals surface area contributed by atoms with Crippen LogP contribution in [0, 0.1) is 0 Å². The quantitative estimate of drug-likeness (QED) is 0.776. The van der Waals surface area contributed by atoms with Crippen LogP contribution >= 0.6 is 11.3 Å². The van der Waals surface area contributed by atoms with Gasteiger partial charge >= 0.3 is 0 Å². The number of aromatic nitrogens is 3. The summed E-state index contributed by atoms with van der Waals surface area (Å²) >= 11 is 1.13. The molecular weight excluding hydrogens is 408 g/mol. The Morgan fingerprint density at radius 1 is 1.29 bits per heavy atom. The number of nitrogens with two attached hydrogens (primary N) is 2. The van der Waals surface area contributed by atoms with Crippen molar-refractivity contribution in [3.05, 3.63) is 46.1 Å². The molecule has 2 atom stereocenters. The number of sulfonamides is 1. The topological polar surface area (TPSA) is 125 Å². The lowest BCUT2D eigenvalue weighted by atomic mass is 9.90. The molecule has 0 saturated heterocycles. The van der Waals surface area contributed by atoms with Crippen LogP contribution in [0.1, 0.15) is 31.5 Å². The normalized spacial score (nSPS) is 22.9. The minimum absolute atomic E-state index is 0.0387. The van der Waals surface area contributed by atoms with Gasteiger partial charge in [0.15, 0.2) is 6.17 Å². The molecule has 2 aromatic heterocycles. The maximum Gasteiger partial charge on any atom is 0.237 e. The van der Waals surface area contributed by atoms with Gasteiger partial charge in [-0.2, -0.15) is 0 Å². The van der Waals surface area contributed by atoms with E-state index in [1.165, 1.54) is 12.3 Å². The Morgan fingerprint density at radius 2 is 1.96 bits per heavy atom. The largest absolute Gasteiger partial charge is 0.368 e. The molecule has 0 bridgehead atoms. The summed E-state index contributed by atoms with van der Waals surface area (Å²) in [5.74, 6) is -0.0387. The molecule has 0 aromatic carbocycles. The second kappa shape index (κ2) is 6.68. The molecule has 1 aliphatic carbocycles. The smallest absolute Gasteiger partial charge is 0.237 e. The van der Waals surface area contributed by atoms with E-state index in [-0.39, 0.29) is 22.2 Å². The summed E-state index contributed by atoms with van der Waals surface area (Å²) in [6.45, 7) is 5.62. The lowest BCUT2D eigenvalue weighted by Crippen LogP contribution is -2.38. The van der Waals surface area contributed by atoms with Crippen molar-refractivity contribution in [2.45, 2.75) is 38.0 Å². The van der Waals surface area contributed by atoms with E-state index >= 15 is 8.78 Å². The van der Waals surface area contributed by atoms with E-state index in [0.29, 0.717) is 5.01 Å². The minimum atomic E-state index is -4.44. The van der Waals surface area contributed by atoms with Crippen LogP contribution in [-0.4, -0.2) is 29.5 Å². The van der Waals surface area contributed by atoms with Crippen LogP contribution in [-0.2, 0) is 21.1 Å². The van der Waals surface area contributed by atoms with Gasteiger partial charge in [-0.3, -0.25) is 0 Å².